The molecule has 1 aliphatic rings. The fourth-order valence-electron chi connectivity index (χ4n) is 2.98. The molecule has 1 aromatic heterocycles. The van der Waals surface area contributed by atoms with Crippen LogP contribution in [0.2, 0.25) is 0 Å². The number of rotatable bonds is 7. The van der Waals surface area contributed by atoms with Gasteiger partial charge in [0.2, 0.25) is 5.91 Å². The van der Waals surface area contributed by atoms with E-state index < -0.39 is 0 Å². The summed E-state index contributed by atoms with van der Waals surface area (Å²) in [5.74, 6) is 0.676. The summed E-state index contributed by atoms with van der Waals surface area (Å²) < 4.78 is 5.35. The van der Waals surface area contributed by atoms with Gasteiger partial charge in [0.25, 0.3) is 5.91 Å². The van der Waals surface area contributed by atoms with Crippen molar-refractivity contribution in [2.75, 3.05) is 55.3 Å². The Labute approximate surface area is 169 Å². The lowest BCUT2D eigenvalue weighted by Gasteiger charge is -2.26. The maximum Gasteiger partial charge on any atom is 0.274 e. The van der Waals surface area contributed by atoms with Gasteiger partial charge in [0.1, 0.15) is 17.3 Å². The molecule has 9 nitrogen and oxygen atoms in total. The second-order valence-electron chi connectivity index (χ2n) is 6.78. The van der Waals surface area contributed by atoms with Gasteiger partial charge < -0.3 is 20.7 Å². The van der Waals surface area contributed by atoms with Crippen LogP contribution in [0.1, 0.15) is 23.2 Å². The first kappa shape index (κ1) is 20.7. The fraction of sp³-hybridized carbons (Fsp3) is 0.400. The zero-order valence-electron chi connectivity index (χ0n) is 16.7. The van der Waals surface area contributed by atoms with Crippen molar-refractivity contribution in [1.29, 1.82) is 0 Å². The predicted molar refractivity (Wildman–Crippen MR) is 111 cm³/mol. The van der Waals surface area contributed by atoms with Gasteiger partial charge in [-0.2, -0.15) is 0 Å². The summed E-state index contributed by atoms with van der Waals surface area (Å²) in [5.41, 5.74) is 1.57. The Morgan fingerprint density at radius 3 is 2.38 bits per heavy atom. The van der Waals surface area contributed by atoms with Crippen LogP contribution in [-0.4, -0.2) is 66.1 Å². The van der Waals surface area contributed by atoms with Crippen molar-refractivity contribution in [3.63, 3.8) is 0 Å². The minimum atomic E-state index is -0.320. The largest absolute Gasteiger partial charge is 0.379 e. The molecule has 1 aliphatic heterocycles. The molecule has 0 spiro atoms. The quantitative estimate of drug-likeness (QED) is 0.652. The number of aryl methyl sites for hydroxylation is 1. The van der Waals surface area contributed by atoms with E-state index in [9.17, 15) is 9.59 Å². The zero-order valence-corrected chi connectivity index (χ0v) is 16.7. The summed E-state index contributed by atoms with van der Waals surface area (Å²) in [6, 6.07) is 8.53. The third-order valence-corrected chi connectivity index (χ3v) is 4.37. The molecule has 3 N–H and O–H groups in total. The molecule has 0 saturated carbocycles. The minimum Gasteiger partial charge on any atom is -0.379 e. The minimum absolute atomic E-state index is 0.146. The number of benzene rings is 1. The molecule has 3 rings (SSSR count). The number of anilines is 3. The Kier molecular flexibility index (Phi) is 7.09. The first-order chi connectivity index (χ1) is 14.0. The van der Waals surface area contributed by atoms with Gasteiger partial charge in [-0.1, -0.05) is 0 Å². The molecule has 2 amide bonds. The van der Waals surface area contributed by atoms with Gasteiger partial charge >= 0.3 is 0 Å². The van der Waals surface area contributed by atoms with Crippen molar-refractivity contribution < 1.29 is 14.3 Å². The molecule has 9 heteroatoms. The van der Waals surface area contributed by atoms with Gasteiger partial charge in [-0.15, -0.1) is 0 Å². The molecule has 1 fully saturated rings. The monoisotopic (exact) mass is 398 g/mol. The highest BCUT2D eigenvalue weighted by Crippen LogP contribution is 2.15. The fourth-order valence-corrected chi connectivity index (χ4v) is 2.98. The Morgan fingerprint density at radius 1 is 1.07 bits per heavy atom. The van der Waals surface area contributed by atoms with Crippen LogP contribution in [0, 0.1) is 6.92 Å². The molecular formula is C20H26N6O3. The average Bonchev–Trinajstić information content (AvgIpc) is 2.69. The molecule has 0 radical (unpaired) electrons. The topological polar surface area (TPSA) is 108 Å². The zero-order chi connectivity index (χ0) is 20.6. The summed E-state index contributed by atoms with van der Waals surface area (Å²) in [6.07, 6.45) is 0. The van der Waals surface area contributed by atoms with E-state index in [-0.39, 0.29) is 17.5 Å². The van der Waals surface area contributed by atoms with Crippen molar-refractivity contribution in [1.82, 2.24) is 14.9 Å². The number of nitrogens with zero attached hydrogens (tertiary/aromatic N) is 3. The Balaban J connectivity index is 1.57. The van der Waals surface area contributed by atoms with Crippen LogP contribution in [-0.2, 0) is 9.53 Å². The summed E-state index contributed by atoms with van der Waals surface area (Å²) >= 11 is 0. The van der Waals surface area contributed by atoms with Crippen LogP contribution in [0.5, 0.6) is 0 Å². The SMILES string of the molecule is CC(=O)Nc1ccc(NC(=O)c2cc(NCCN3CCOCC3)nc(C)n2)cc1. The van der Waals surface area contributed by atoms with Crippen LogP contribution < -0.4 is 16.0 Å². The molecule has 29 heavy (non-hydrogen) atoms. The van der Waals surface area contributed by atoms with Crippen LogP contribution in [0.25, 0.3) is 0 Å². The number of ether oxygens (including phenoxy) is 1. The van der Waals surface area contributed by atoms with Gasteiger partial charge in [-0.05, 0) is 31.2 Å². The van der Waals surface area contributed by atoms with E-state index in [1.807, 2.05) is 0 Å². The number of nitrogens with one attached hydrogen (secondary N) is 3. The summed E-state index contributed by atoms with van der Waals surface area (Å²) in [7, 11) is 0. The van der Waals surface area contributed by atoms with Crippen LogP contribution >= 0.6 is 0 Å². The maximum atomic E-state index is 12.6. The molecule has 2 heterocycles. The Bertz CT molecular complexity index is 850. The first-order valence-electron chi connectivity index (χ1n) is 9.58. The maximum absolute atomic E-state index is 12.6. The smallest absolute Gasteiger partial charge is 0.274 e. The van der Waals surface area contributed by atoms with Gasteiger partial charge in [-0.3, -0.25) is 14.5 Å². The number of amides is 2. The summed E-state index contributed by atoms with van der Waals surface area (Å²) in [5, 5.41) is 8.76. The number of aromatic nitrogens is 2. The van der Waals surface area contributed by atoms with Crippen molar-refractivity contribution in [3.05, 3.63) is 41.9 Å². The number of carbonyl (C=O) groups excluding carboxylic acids is 2. The molecule has 1 saturated heterocycles. The third-order valence-electron chi connectivity index (χ3n) is 4.37. The number of hydrogen-bond donors (Lipinski definition) is 3. The standard InChI is InChI=1S/C20H26N6O3/c1-14-22-18(13-19(23-14)21-7-8-26-9-11-29-12-10-26)20(28)25-17-5-3-16(4-6-17)24-15(2)27/h3-6,13H,7-12H2,1-2H3,(H,24,27)(H,25,28)(H,21,22,23). The molecule has 2 aromatic rings. The van der Waals surface area contributed by atoms with Crippen molar-refractivity contribution in [2.45, 2.75) is 13.8 Å². The molecule has 0 aliphatic carbocycles. The highest BCUT2D eigenvalue weighted by Gasteiger charge is 2.12. The van der Waals surface area contributed by atoms with E-state index in [0.29, 0.717) is 23.0 Å². The first-order valence-corrected chi connectivity index (χ1v) is 9.58. The van der Waals surface area contributed by atoms with Crippen LogP contribution in [0.4, 0.5) is 17.2 Å². The van der Waals surface area contributed by atoms with Gasteiger partial charge in [0, 0.05) is 50.5 Å². The van der Waals surface area contributed by atoms with Crippen LogP contribution in [0.15, 0.2) is 30.3 Å². The summed E-state index contributed by atoms with van der Waals surface area (Å²) in [4.78, 5) is 34.6. The van der Waals surface area contributed by atoms with E-state index in [1.54, 1.807) is 37.3 Å². The van der Waals surface area contributed by atoms with E-state index in [1.165, 1.54) is 6.92 Å². The normalized spacial score (nSPS) is 14.3. The average molecular weight is 398 g/mol. The Hall–Kier alpha value is -3.04. The highest BCUT2D eigenvalue weighted by molar-refractivity contribution is 6.03. The second kappa shape index (κ2) is 9.94. The van der Waals surface area contributed by atoms with Crippen molar-refractivity contribution >= 4 is 29.0 Å². The number of hydrogen-bond acceptors (Lipinski definition) is 7. The molecule has 1 aromatic carbocycles. The number of morpholine rings is 1. The van der Waals surface area contributed by atoms with Gasteiger partial charge in [-0.25, -0.2) is 9.97 Å². The van der Waals surface area contributed by atoms with E-state index >= 15 is 0 Å². The second-order valence-corrected chi connectivity index (χ2v) is 6.78. The molecule has 0 unspecified atom stereocenters. The molecular weight excluding hydrogens is 372 g/mol. The molecule has 154 valence electrons. The van der Waals surface area contributed by atoms with Crippen molar-refractivity contribution in [2.24, 2.45) is 0 Å². The predicted octanol–water partition coefficient (Wildman–Crippen LogP) is 1.74. The van der Waals surface area contributed by atoms with Crippen molar-refractivity contribution in [3.8, 4) is 0 Å². The molecule has 0 atom stereocenters. The summed E-state index contributed by atoms with van der Waals surface area (Å²) in [6.45, 7) is 8.20. The van der Waals surface area contributed by atoms with E-state index in [0.717, 1.165) is 39.4 Å². The van der Waals surface area contributed by atoms with Gasteiger partial charge in [0.15, 0.2) is 0 Å². The lowest BCUT2D eigenvalue weighted by Crippen LogP contribution is -2.39. The number of carbonyl (C=O) groups is 2. The molecule has 0 bridgehead atoms. The lowest BCUT2D eigenvalue weighted by molar-refractivity contribution is -0.114. The third kappa shape index (κ3) is 6.51. The van der Waals surface area contributed by atoms with Gasteiger partial charge in [0.05, 0.1) is 13.2 Å². The Morgan fingerprint density at radius 2 is 1.72 bits per heavy atom. The van der Waals surface area contributed by atoms with E-state index in [2.05, 4.69) is 30.8 Å². The van der Waals surface area contributed by atoms with Crippen LogP contribution in [0.3, 0.4) is 0 Å². The lowest BCUT2D eigenvalue weighted by atomic mass is 10.2. The highest BCUT2D eigenvalue weighted by atomic mass is 16.5. The van der Waals surface area contributed by atoms with E-state index in [4.69, 9.17) is 4.74 Å².